The topological polar surface area (TPSA) is 256 Å². The summed E-state index contributed by atoms with van der Waals surface area (Å²) in [6.45, 7) is 12.0. The highest BCUT2D eigenvalue weighted by Crippen LogP contribution is 2.37. The molecule has 1 aromatic heterocycles. The van der Waals surface area contributed by atoms with Gasteiger partial charge in [-0.1, -0.05) is 121 Å². The van der Waals surface area contributed by atoms with Crippen molar-refractivity contribution in [2.24, 2.45) is 17.8 Å². The molecule has 8 N–H and O–H groups in total. The number of hydrogen-bond acceptors (Lipinski definition) is 8. The molecule has 4 aromatic rings. The first-order valence-corrected chi connectivity index (χ1v) is 24.2. The van der Waals surface area contributed by atoms with E-state index < -0.39 is 108 Å². The van der Waals surface area contributed by atoms with Crippen LogP contribution in [0.1, 0.15) is 108 Å². The Balaban J connectivity index is 1.38. The van der Waals surface area contributed by atoms with E-state index in [9.17, 15) is 48.6 Å². The summed E-state index contributed by atoms with van der Waals surface area (Å²) in [5.74, 6) is -8.94. The Hall–Kier alpha value is -7.04. The van der Waals surface area contributed by atoms with E-state index in [-0.39, 0.29) is 18.8 Å². The molecule has 0 saturated carbocycles. The van der Waals surface area contributed by atoms with Crippen molar-refractivity contribution in [2.45, 2.75) is 136 Å². The standard InChI is InChI=1S/C53H69N7O10/c1-9-30(5)45(52(68)60(8)47(31(6)10-2)51(67)58-42(53(69)70)26-35-28-54-39-22-16-15-19-36(35)39)59-49(65)41(27-43(62)63)56-48(64)40(25-29(3)4)57-50(66)46(55-32(7)61)44-37-20-13-11-17-33(37)23-24-34-18-12-14-21-38(34)44/h11-22,28-31,40-42,44-47,54H,9-10,23-27H2,1-8H3,(H,55,61)(H,56,64)(H,57,66)(H,58,67)(H,59,65)(H,62,63)(H,69,70)/t30-,31-,40-,41-,42-,45-,46-,47-/m0/s1. The number of fused-ring (bicyclic) bond motifs is 3. The predicted octanol–water partition coefficient (Wildman–Crippen LogP) is 4.61. The summed E-state index contributed by atoms with van der Waals surface area (Å²) in [7, 11) is 1.39. The third kappa shape index (κ3) is 13.4. The molecule has 70 heavy (non-hydrogen) atoms. The Labute approximate surface area is 409 Å². The van der Waals surface area contributed by atoms with Crippen LogP contribution in [0.3, 0.4) is 0 Å². The average molecular weight is 964 g/mol. The van der Waals surface area contributed by atoms with Crippen molar-refractivity contribution in [1.29, 1.82) is 0 Å². The lowest BCUT2D eigenvalue weighted by Crippen LogP contribution is -2.62. The molecule has 0 saturated heterocycles. The van der Waals surface area contributed by atoms with Crippen LogP contribution < -0.4 is 26.6 Å². The van der Waals surface area contributed by atoms with Gasteiger partial charge in [-0.15, -0.1) is 0 Å². The Kier molecular flexibility index (Phi) is 18.9. The first-order valence-electron chi connectivity index (χ1n) is 24.2. The maximum atomic E-state index is 14.6. The number of nitrogens with one attached hydrogen (secondary N) is 6. The highest BCUT2D eigenvalue weighted by molar-refractivity contribution is 5.98. The monoisotopic (exact) mass is 964 g/mol. The van der Waals surface area contributed by atoms with Gasteiger partial charge in [0, 0.05) is 43.4 Å². The maximum absolute atomic E-state index is 14.6. The number of H-pyrrole nitrogens is 1. The summed E-state index contributed by atoms with van der Waals surface area (Å²) in [6.07, 6.45) is 3.03. The van der Waals surface area contributed by atoms with Crippen LogP contribution in [-0.2, 0) is 57.6 Å². The summed E-state index contributed by atoms with van der Waals surface area (Å²) >= 11 is 0. The summed E-state index contributed by atoms with van der Waals surface area (Å²) in [6, 6.07) is 14.7. The van der Waals surface area contributed by atoms with Crippen molar-refractivity contribution in [3.05, 3.63) is 107 Å². The molecule has 376 valence electrons. The Bertz CT molecular complexity index is 2490. The Morgan fingerprint density at radius 1 is 0.671 bits per heavy atom. The number of aliphatic carboxylic acids is 2. The second-order valence-electron chi connectivity index (χ2n) is 19.0. The number of likely N-dealkylation sites (N-methyl/N-ethyl adjacent to an activating group) is 1. The maximum Gasteiger partial charge on any atom is 0.326 e. The normalized spacial score (nSPS) is 15.8. The second-order valence-corrected chi connectivity index (χ2v) is 19.0. The number of aromatic amines is 1. The van der Waals surface area contributed by atoms with E-state index >= 15 is 0 Å². The van der Waals surface area contributed by atoms with Gasteiger partial charge >= 0.3 is 11.9 Å². The number of aryl methyl sites for hydroxylation is 2. The molecule has 1 heterocycles. The van der Waals surface area contributed by atoms with Crippen LogP contribution in [0.2, 0.25) is 0 Å². The molecule has 0 fully saturated rings. The van der Waals surface area contributed by atoms with Crippen LogP contribution in [0.4, 0.5) is 0 Å². The zero-order valence-electron chi connectivity index (χ0n) is 41.3. The van der Waals surface area contributed by atoms with Gasteiger partial charge in [0.25, 0.3) is 0 Å². The van der Waals surface area contributed by atoms with Gasteiger partial charge in [0.15, 0.2) is 0 Å². The number of carbonyl (C=O) groups excluding carboxylic acids is 6. The van der Waals surface area contributed by atoms with E-state index in [2.05, 4.69) is 31.6 Å². The van der Waals surface area contributed by atoms with Gasteiger partial charge < -0.3 is 46.7 Å². The van der Waals surface area contributed by atoms with Gasteiger partial charge in [-0.3, -0.25) is 33.6 Å². The molecule has 3 aromatic carbocycles. The van der Waals surface area contributed by atoms with Gasteiger partial charge in [0.1, 0.15) is 36.3 Å². The lowest BCUT2D eigenvalue weighted by molar-refractivity contribution is -0.147. The number of carbonyl (C=O) groups is 8. The van der Waals surface area contributed by atoms with Crippen LogP contribution in [0.15, 0.2) is 79.0 Å². The largest absolute Gasteiger partial charge is 0.481 e. The first kappa shape index (κ1) is 53.9. The summed E-state index contributed by atoms with van der Waals surface area (Å²) in [5, 5.41) is 34.6. The van der Waals surface area contributed by atoms with Crippen molar-refractivity contribution in [1.82, 2.24) is 36.5 Å². The lowest BCUT2D eigenvalue weighted by Gasteiger charge is -2.36. The van der Waals surface area contributed by atoms with Gasteiger partial charge in [0.05, 0.1) is 6.42 Å². The molecule has 0 radical (unpaired) electrons. The number of benzene rings is 3. The van der Waals surface area contributed by atoms with Gasteiger partial charge in [-0.2, -0.15) is 0 Å². The minimum Gasteiger partial charge on any atom is -0.481 e. The molecule has 0 bridgehead atoms. The van der Waals surface area contributed by atoms with E-state index in [1.165, 1.54) is 18.9 Å². The van der Waals surface area contributed by atoms with E-state index in [1.807, 2.05) is 93.6 Å². The fraction of sp³-hybridized carbons (Fsp3) is 0.472. The van der Waals surface area contributed by atoms with Crippen molar-refractivity contribution in [2.75, 3.05) is 7.05 Å². The number of carboxylic acids is 2. The highest BCUT2D eigenvalue weighted by Gasteiger charge is 2.41. The predicted molar refractivity (Wildman–Crippen MR) is 264 cm³/mol. The molecule has 17 nitrogen and oxygen atoms in total. The number of hydrogen-bond donors (Lipinski definition) is 8. The smallest absolute Gasteiger partial charge is 0.326 e. The number of aromatic nitrogens is 1. The molecule has 1 aliphatic carbocycles. The molecule has 17 heteroatoms. The van der Waals surface area contributed by atoms with E-state index in [1.54, 1.807) is 27.0 Å². The van der Waals surface area contributed by atoms with Crippen molar-refractivity contribution in [3.8, 4) is 0 Å². The molecular weight excluding hydrogens is 895 g/mol. The summed E-state index contributed by atoms with van der Waals surface area (Å²) in [5.41, 5.74) is 5.19. The Morgan fingerprint density at radius 2 is 1.21 bits per heavy atom. The minimum atomic E-state index is -1.72. The highest BCUT2D eigenvalue weighted by atomic mass is 16.4. The number of nitrogens with zero attached hydrogens (tertiary/aromatic N) is 1. The fourth-order valence-corrected chi connectivity index (χ4v) is 9.38. The quantitative estimate of drug-likeness (QED) is 0.0512. The van der Waals surface area contributed by atoms with Crippen LogP contribution in [0.5, 0.6) is 0 Å². The molecule has 0 aliphatic heterocycles. The zero-order chi connectivity index (χ0) is 51.4. The number of carboxylic acid groups (broad SMARTS) is 2. The van der Waals surface area contributed by atoms with Crippen LogP contribution in [0.25, 0.3) is 10.9 Å². The Morgan fingerprint density at radius 3 is 1.77 bits per heavy atom. The SMILES string of the molecule is CC[C@H](C)[C@H](NC(=O)[C@H](CC(=O)O)NC(=O)[C@H](CC(C)C)NC(=O)[C@@H](NC(C)=O)C1c2ccccc2CCc2ccccc21)C(=O)N(C)[C@H](C(=O)N[C@@H](Cc1c[nH]c2ccccc12)C(=O)O)[C@@H](C)CC. The lowest BCUT2D eigenvalue weighted by atomic mass is 9.82. The molecule has 1 aliphatic rings. The third-order valence-electron chi connectivity index (χ3n) is 13.5. The van der Waals surface area contributed by atoms with Gasteiger partial charge in [-0.05, 0) is 70.9 Å². The van der Waals surface area contributed by atoms with Gasteiger partial charge in [-0.25, -0.2) is 4.79 Å². The van der Waals surface area contributed by atoms with Crippen molar-refractivity contribution < 1.29 is 48.6 Å². The summed E-state index contributed by atoms with van der Waals surface area (Å²) < 4.78 is 0. The second kappa shape index (κ2) is 24.5. The molecule has 6 amide bonds. The molecule has 0 spiro atoms. The third-order valence-corrected chi connectivity index (χ3v) is 13.5. The fourth-order valence-electron chi connectivity index (χ4n) is 9.38. The van der Waals surface area contributed by atoms with E-state index in [0.717, 1.165) is 33.2 Å². The van der Waals surface area contributed by atoms with Crippen molar-refractivity contribution >= 4 is 58.3 Å². The number of amides is 6. The van der Waals surface area contributed by atoms with Crippen LogP contribution in [-0.4, -0.2) is 111 Å². The zero-order valence-corrected chi connectivity index (χ0v) is 41.3. The van der Waals surface area contributed by atoms with Gasteiger partial charge in [0.2, 0.25) is 35.4 Å². The molecular formula is C53H69N7O10. The van der Waals surface area contributed by atoms with E-state index in [0.29, 0.717) is 31.2 Å². The number of para-hydroxylation sites is 1. The molecule has 8 atom stereocenters. The minimum absolute atomic E-state index is 0.0423. The summed E-state index contributed by atoms with van der Waals surface area (Å²) in [4.78, 5) is 114. The first-order chi connectivity index (χ1) is 33.2. The van der Waals surface area contributed by atoms with Crippen molar-refractivity contribution in [3.63, 3.8) is 0 Å². The molecule has 0 unspecified atom stereocenters. The molecule has 5 rings (SSSR count). The van der Waals surface area contributed by atoms with Crippen LogP contribution >= 0.6 is 0 Å². The number of rotatable bonds is 23. The van der Waals surface area contributed by atoms with E-state index in [4.69, 9.17) is 0 Å². The van der Waals surface area contributed by atoms with Crippen LogP contribution in [0, 0.1) is 17.8 Å². The average Bonchev–Trinajstić information content (AvgIpc) is 3.65.